The highest BCUT2D eigenvalue weighted by Crippen LogP contribution is 2.26. The number of carboxylic acid groups (broad SMARTS) is 1. The van der Waals surface area contributed by atoms with E-state index in [4.69, 9.17) is 14.6 Å². The molecule has 0 atom stereocenters. The minimum absolute atomic E-state index is 0.0454. The van der Waals surface area contributed by atoms with Gasteiger partial charge in [-0.1, -0.05) is 12.1 Å². The van der Waals surface area contributed by atoms with Gasteiger partial charge in [0.15, 0.2) is 11.5 Å². The highest BCUT2D eigenvalue weighted by atomic mass is 16.5. The van der Waals surface area contributed by atoms with Crippen molar-refractivity contribution in [2.45, 2.75) is 20.0 Å². The Morgan fingerprint density at radius 2 is 2.00 bits per heavy atom. The average Bonchev–Trinajstić information content (AvgIpc) is 2.49. The van der Waals surface area contributed by atoms with Crippen molar-refractivity contribution in [2.24, 2.45) is 0 Å². The van der Waals surface area contributed by atoms with Crippen molar-refractivity contribution in [2.75, 3.05) is 7.11 Å². The summed E-state index contributed by atoms with van der Waals surface area (Å²) in [6.07, 6.45) is -0.359. The second-order valence-electron chi connectivity index (χ2n) is 4.59. The molecule has 0 unspecified atom stereocenters. The number of carbonyl (C=O) groups is 1. The lowest BCUT2D eigenvalue weighted by Crippen LogP contribution is -2.22. The van der Waals surface area contributed by atoms with Crippen molar-refractivity contribution < 1.29 is 19.4 Å². The van der Waals surface area contributed by atoms with Gasteiger partial charge in [-0.25, -0.2) is 4.98 Å². The van der Waals surface area contributed by atoms with E-state index >= 15 is 0 Å². The van der Waals surface area contributed by atoms with Crippen LogP contribution < -0.4 is 15.0 Å². The van der Waals surface area contributed by atoms with Gasteiger partial charge in [-0.2, -0.15) is 0 Å². The molecule has 0 aliphatic carbocycles. The number of rotatable bonds is 6. The third-order valence-corrected chi connectivity index (χ3v) is 3.03. The molecule has 7 nitrogen and oxygen atoms in total. The summed E-state index contributed by atoms with van der Waals surface area (Å²) in [7, 11) is 1.53. The van der Waals surface area contributed by atoms with E-state index in [0.717, 1.165) is 0 Å². The lowest BCUT2D eigenvalue weighted by molar-refractivity contribution is -0.136. The van der Waals surface area contributed by atoms with E-state index in [9.17, 15) is 9.59 Å². The predicted octanol–water partition coefficient (Wildman–Crippen LogP) is 1.29. The number of aryl methyl sites for hydroxylation is 1. The second kappa shape index (κ2) is 6.75. The summed E-state index contributed by atoms with van der Waals surface area (Å²) in [5.74, 6) is 0.347. The topological polar surface area (TPSA) is 102 Å². The third kappa shape index (κ3) is 3.63. The summed E-state index contributed by atoms with van der Waals surface area (Å²) in [6, 6.07) is 7.11. The lowest BCUT2D eigenvalue weighted by atomic mass is 10.2. The van der Waals surface area contributed by atoms with Crippen molar-refractivity contribution >= 4 is 5.97 Å². The standard InChI is InChI=1S/C15H16N2O5/c1-9-10(7-14(18)19)15(20)17-13(16-9)8-22-12-6-4-3-5-11(12)21-2/h3-6H,7-8H2,1-2H3,(H,18,19)(H,16,17,20). The van der Waals surface area contributed by atoms with E-state index in [1.54, 1.807) is 25.1 Å². The molecule has 2 N–H and O–H groups in total. The van der Waals surface area contributed by atoms with Gasteiger partial charge in [-0.3, -0.25) is 9.59 Å². The summed E-state index contributed by atoms with van der Waals surface area (Å²) in [4.78, 5) is 29.3. The molecule has 0 bridgehead atoms. The van der Waals surface area contributed by atoms with Crippen LogP contribution in [0.4, 0.5) is 0 Å². The van der Waals surface area contributed by atoms with E-state index in [1.807, 2.05) is 6.07 Å². The van der Waals surface area contributed by atoms with Gasteiger partial charge in [0, 0.05) is 11.3 Å². The number of ether oxygens (including phenoxy) is 2. The maximum absolute atomic E-state index is 11.9. The summed E-state index contributed by atoms with van der Waals surface area (Å²) in [6.45, 7) is 1.64. The number of H-pyrrole nitrogens is 1. The fraction of sp³-hybridized carbons (Fsp3) is 0.267. The van der Waals surface area contributed by atoms with Crippen molar-refractivity contribution in [1.29, 1.82) is 0 Å². The number of methoxy groups -OCH3 is 1. The summed E-state index contributed by atoms with van der Waals surface area (Å²) < 4.78 is 10.7. The Kier molecular flexibility index (Phi) is 4.77. The van der Waals surface area contributed by atoms with Gasteiger partial charge in [-0.05, 0) is 19.1 Å². The Hall–Kier alpha value is -2.83. The maximum atomic E-state index is 11.9. The van der Waals surface area contributed by atoms with Crippen LogP contribution in [0.25, 0.3) is 0 Å². The molecule has 1 aromatic heterocycles. The second-order valence-corrected chi connectivity index (χ2v) is 4.59. The first-order chi connectivity index (χ1) is 10.5. The van der Waals surface area contributed by atoms with Crippen LogP contribution in [-0.2, 0) is 17.8 Å². The highest BCUT2D eigenvalue weighted by molar-refractivity contribution is 5.70. The molecule has 1 heterocycles. The summed E-state index contributed by atoms with van der Waals surface area (Å²) in [5, 5.41) is 8.78. The average molecular weight is 304 g/mol. The van der Waals surface area contributed by atoms with Gasteiger partial charge in [-0.15, -0.1) is 0 Å². The normalized spacial score (nSPS) is 10.3. The molecule has 2 aromatic rings. The molecule has 0 saturated heterocycles. The number of hydrogen-bond acceptors (Lipinski definition) is 5. The third-order valence-electron chi connectivity index (χ3n) is 3.03. The Bertz CT molecular complexity index is 739. The number of nitrogens with zero attached hydrogens (tertiary/aromatic N) is 1. The molecule has 0 saturated carbocycles. The molecule has 2 rings (SSSR count). The Morgan fingerprint density at radius 3 is 2.59 bits per heavy atom. The Balaban J connectivity index is 2.17. The monoisotopic (exact) mass is 304 g/mol. The molecule has 0 aliphatic heterocycles. The van der Waals surface area contributed by atoms with E-state index in [0.29, 0.717) is 23.0 Å². The quantitative estimate of drug-likeness (QED) is 0.834. The minimum Gasteiger partial charge on any atom is -0.493 e. The maximum Gasteiger partial charge on any atom is 0.308 e. The molecule has 0 amide bonds. The van der Waals surface area contributed by atoms with Crippen LogP contribution in [0.5, 0.6) is 11.5 Å². The fourth-order valence-electron chi connectivity index (χ4n) is 1.98. The Morgan fingerprint density at radius 1 is 1.32 bits per heavy atom. The lowest BCUT2D eigenvalue weighted by Gasteiger charge is -2.10. The van der Waals surface area contributed by atoms with E-state index < -0.39 is 11.5 Å². The molecule has 0 fully saturated rings. The first-order valence-corrected chi connectivity index (χ1v) is 6.57. The number of para-hydroxylation sites is 2. The van der Waals surface area contributed by atoms with E-state index in [2.05, 4.69) is 9.97 Å². The van der Waals surface area contributed by atoms with Crippen LogP contribution in [0.1, 0.15) is 17.1 Å². The number of hydrogen-bond donors (Lipinski definition) is 2. The number of aromatic amines is 1. The molecule has 22 heavy (non-hydrogen) atoms. The first-order valence-electron chi connectivity index (χ1n) is 6.57. The zero-order valence-electron chi connectivity index (χ0n) is 12.3. The van der Waals surface area contributed by atoms with Gasteiger partial charge >= 0.3 is 5.97 Å². The van der Waals surface area contributed by atoms with Gasteiger partial charge in [0.1, 0.15) is 12.4 Å². The number of carboxylic acids is 1. The van der Waals surface area contributed by atoms with Crippen molar-refractivity contribution in [1.82, 2.24) is 9.97 Å². The molecule has 0 radical (unpaired) electrons. The van der Waals surface area contributed by atoms with Gasteiger partial charge in [0.05, 0.1) is 13.5 Å². The van der Waals surface area contributed by atoms with Crippen molar-refractivity contribution in [3.05, 3.63) is 51.7 Å². The van der Waals surface area contributed by atoms with Crippen LogP contribution in [0.3, 0.4) is 0 Å². The van der Waals surface area contributed by atoms with Crippen LogP contribution in [0.2, 0.25) is 0 Å². The first kappa shape index (κ1) is 15.6. The van der Waals surface area contributed by atoms with E-state index in [-0.39, 0.29) is 18.6 Å². The largest absolute Gasteiger partial charge is 0.493 e. The predicted molar refractivity (Wildman–Crippen MR) is 78.3 cm³/mol. The molecule has 7 heteroatoms. The zero-order valence-corrected chi connectivity index (χ0v) is 12.3. The molecule has 116 valence electrons. The van der Waals surface area contributed by atoms with Gasteiger partial charge in [0.2, 0.25) is 0 Å². The molecular weight excluding hydrogens is 288 g/mol. The van der Waals surface area contributed by atoms with E-state index in [1.165, 1.54) is 7.11 Å². The van der Waals surface area contributed by atoms with Crippen molar-refractivity contribution in [3.8, 4) is 11.5 Å². The highest BCUT2D eigenvalue weighted by Gasteiger charge is 2.12. The fourth-order valence-corrected chi connectivity index (χ4v) is 1.98. The van der Waals surface area contributed by atoms with Crippen LogP contribution >= 0.6 is 0 Å². The summed E-state index contributed by atoms with van der Waals surface area (Å²) >= 11 is 0. The number of nitrogens with one attached hydrogen (secondary N) is 1. The molecule has 1 aromatic carbocycles. The number of aliphatic carboxylic acids is 1. The Labute approximate surface area is 126 Å². The van der Waals surface area contributed by atoms with Crippen LogP contribution in [0.15, 0.2) is 29.1 Å². The van der Waals surface area contributed by atoms with Gasteiger partial charge < -0.3 is 19.6 Å². The van der Waals surface area contributed by atoms with Gasteiger partial charge in [0.25, 0.3) is 5.56 Å². The van der Waals surface area contributed by atoms with Crippen LogP contribution in [-0.4, -0.2) is 28.2 Å². The number of benzene rings is 1. The SMILES string of the molecule is COc1ccccc1OCc1nc(C)c(CC(=O)O)c(=O)[nH]1. The number of aromatic nitrogens is 2. The summed E-state index contributed by atoms with van der Waals surface area (Å²) in [5.41, 5.74) is 0.0619. The van der Waals surface area contributed by atoms with Crippen LogP contribution in [0, 0.1) is 6.92 Å². The molecular formula is C15H16N2O5. The zero-order chi connectivity index (χ0) is 16.1. The molecule has 0 spiro atoms. The molecule has 0 aliphatic rings. The smallest absolute Gasteiger partial charge is 0.308 e. The van der Waals surface area contributed by atoms with Crippen molar-refractivity contribution in [3.63, 3.8) is 0 Å². The minimum atomic E-state index is -1.08.